The molecule has 26 nitrogen and oxygen atoms in total. The van der Waals surface area contributed by atoms with Gasteiger partial charge in [-0.1, -0.05) is 0 Å². The molecule has 0 radical (unpaired) electrons. The van der Waals surface area contributed by atoms with E-state index >= 15 is 0 Å². The van der Waals surface area contributed by atoms with E-state index in [9.17, 15) is 115 Å². The Morgan fingerprint density at radius 1 is 0.310 bits per heavy atom. The Labute approximate surface area is 233 Å². The summed E-state index contributed by atoms with van der Waals surface area (Å²) in [6, 6.07) is 0. The van der Waals surface area contributed by atoms with Crippen LogP contribution in [0.4, 0.5) is 0 Å². The molecule has 0 aromatic heterocycles. The molecule has 34 heteroatoms. The second-order valence-electron chi connectivity index (χ2n) is 8.28. The molecule has 0 atom stereocenters. The number of rotatable bonds is 17. The number of unbranched alkanes of at least 4 members (excludes halogenated alkanes) is 1. The van der Waals surface area contributed by atoms with Gasteiger partial charge in [0, 0.05) is 13.1 Å². The lowest BCUT2D eigenvalue weighted by Gasteiger charge is -2.39. The fraction of sp³-hybridized carbons (Fsp3) is 1.00. The Balaban J connectivity index is 6.98. The molecule has 0 aromatic carbocycles. The minimum Gasteiger partial charge on any atom is -0.323 e. The predicted molar refractivity (Wildman–Crippen MR) is 134 cm³/mol. The van der Waals surface area contributed by atoms with Crippen molar-refractivity contribution in [3.63, 3.8) is 0 Å². The molecule has 0 aliphatic rings. The largest absolute Gasteiger partial charge is 0.355 e. The van der Waals surface area contributed by atoms with Crippen LogP contribution < -0.4 is 0 Å². The number of hydrogen-bond acceptors (Lipinski definition) is 10. The van der Waals surface area contributed by atoms with Crippen LogP contribution in [0.25, 0.3) is 0 Å². The van der Waals surface area contributed by atoms with E-state index in [1.807, 2.05) is 0 Å². The quantitative estimate of drug-likeness (QED) is 0.0514. The maximum absolute atomic E-state index is 11.8. The van der Waals surface area contributed by atoms with Crippen LogP contribution in [-0.4, -0.2) is 123 Å². The molecule has 0 saturated heterocycles. The number of nitrogens with zero attached hydrogens (tertiary/aromatic N) is 2. The van der Waals surface area contributed by atoms with Crippen LogP contribution in [0.15, 0.2) is 0 Å². The third kappa shape index (κ3) is 12.7. The van der Waals surface area contributed by atoms with E-state index in [1.165, 1.54) is 0 Å². The summed E-state index contributed by atoms with van der Waals surface area (Å²) in [5.41, 5.74) is -14.7. The Morgan fingerprint density at radius 3 is 0.524 bits per heavy atom. The lowest BCUT2D eigenvalue weighted by Crippen LogP contribution is -2.45. The summed E-state index contributed by atoms with van der Waals surface area (Å²) in [5, 5.41) is 0. The highest BCUT2D eigenvalue weighted by atomic mass is 31.3. The Morgan fingerprint density at radius 2 is 0.429 bits per heavy atom. The van der Waals surface area contributed by atoms with Crippen molar-refractivity contribution in [3.05, 3.63) is 0 Å². The molecule has 254 valence electrons. The van der Waals surface area contributed by atoms with Gasteiger partial charge in [0.15, 0.2) is 0 Å². The third-order valence-electron chi connectivity index (χ3n) is 4.68. The molecule has 0 unspecified atom stereocenters. The van der Waals surface area contributed by atoms with Gasteiger partial charge in [0.25, 0.3) is 0 Å². The molecule has 42 heavy (non-hydrogen) atoms. The standard InChI is InChI=1S/C8H28N2O24P8/c11-35(12,13)5(36(14,15)16)9(6(37(17,18)19)38(20,21)22)3-1-2-4-10(7(39(23,24)25)40(26,27)28)8(41(29,30)31)42(32,33)34/h5-8H,1-4H2,(H2,11,12,13)(H2,14,15,16)(H2,17,18,19)(H2,20,21,22)(H2,23,24,25)(H2,26,27,28)(H2,29,30,31)(H2,32,33,34). The van der Waals surface area contributed by atoms with E-state index in [0.29, 0.717) is 0 Å². The third-order valence-corrected chi connectivity index (χ3v) is 19.1. The SMILES string of the molecule is O=P(O)(O)C(N(CCCCN(C(P(=O)(O)O)P(=O)(O)O)C(P(=O)(O)O)P(=O)(O)O)C(P(=O)(O)O)P(=O)(O)O)P(=O)(O)O. The van der Waals surface area contributed by atoms with Crippen molar-refractivity contribution in [1.29, 1.82) is 0 Å². The Hall–Kier alpha value is 1.12. The minimum atomic E-state index is -6.28. The Kier molecular flexibility index (Phi) is 14.5. The first kappa shape index (κ1) is 43.1. The van der Waals surface area contributed by atoms with Gasteiger partial charge in [-0.3, -0.25) is 46.3 Å². The van der Waals surface area contributed by atoms with E-state index in [2.05, 4.69) is 0 Å². The van der Waals surface area contributed by atoms with Gasteiger partial charge < -0.3 is 78.3 Å². The molecule has 0 aliphatic heterocycles. The first-order valence-corrected chi connectivity index (χ1v) is 23.3. The first-order chi connectivity index (χ1) is 18.0. The van der Waals surface area contributed by atoms with Gasteiger partial charge in [-0.2, -0.15) is 0 Å². The predicted octanol–water partition coefficient (Wildman–Crippen LogP) is -3.07. The van der Waals surface area contributed by atoms with E-state index in [4.69, 9.17) is 0 Å². The maximum Gasteiger partial charge on any atom is 0.355 e. The van der Waals surface area contributed by atoms with Gasteiger partial charge >= 0.3 is 60.8 Å². The lowest BCUT2D eigenvalue weighted by atomic mass is 10.3. The molecule has 0 aromatic rings. The van der Waals surface area contributed by atoms with Gasteiger partial charge in [-0.05, 0) is 12.8 Å². The van der Waals surface area contributed by atoms with Crippen LogP contribution in [0.3, 0.4) is 0 Å². The van der Waals surface area contributed by atoms with Crippen molar-refractivity contribution in [1.82, 2.24) is 9.80 Å². The molecule has 0 fully saturated rings. The van der Waals surface area contributed by atoms with Gasteiger partial charge in [0.1, 0.15) is 0 Å². The van der Waals surface area contributed by atoms with Crippen molar-refractivity contribution in [2.75, 3.05) is 13.1 Å². The first-order valence-electron chi connectivity index (χ1n) is 9.89. The maximum atomic E-state index is 11.8. The highest BCUT2D eigenvalue weighted by Gasteiger charge is 2.59. The second-order valence-corrected chi connectivity index (χ2v) is 23.2. The van der Waals surface area contributed by atoms with Crippen LogP contribution in [0.2, 0.25) is 0 Å². The highest BCUT2D eigenvalue weighted by molar-refractivity contribution is 7.73. The van der Waals surface area contributed by atoms with Gasteiger partial charge in [0.05, 0.1) is 0 Å². The lowest BCUT2D eigenvalue weighted by molar-refractivity contribution is 0.179. The summed E-state index contributed by atoms with van der Waals surface area (Å²) in [5.74, 6) is 0. The van der Waals surface area contributed by atoms with Gasteiger partial charge in [-0.25, -0.2) is 0 Å². The summed E-state index contributed by atoms with van der Waals surface area (Å²) in [7, 11) is -50.2. The topological polar surface area (TPSA) is 467 Å². The van der Waals surface area contributed by atoms with Crippen LogP contribution in [-0.2, 0) is 36.5 Å². The van der Waals surface area contributed by atoms with Crippen LogP contribution in [0.1, 0.15) is 12.8 Å². The average molecular weight is 784 g/mol. The van der Waals surface area contributed by atoms with Crippen molar-refractivity contribution in [3.8, 4) is 0 Å². The van der Waals surface area contributed by atoms with E-state index < -0.39 is 119 Å². The monoisotopic (exact) mass is 784 g/mol. The summed E-state index contributed by atoms with van der Waals surface area (Å²) in [4.78, 5) is 149. The van der Waals surface area contributed by atoms with E-state index in [1.54, 1.807) is 0 Å². The van der Waals surface area contributed by atoms with Crippen molar-refractivity contribution < 1.29 is 115 Å². The van der Waals surface area contributed by atoms with Crippen LogP contribution >= 0.6 is 60.8 Å². The zero-order valence-electron chi connectivity index (χ0n) is 20.0. The van der Waals surface area contributed by atoms with E-state index in [0.717, 1.165) is 0 Å². The molecule has 0 bridgehead atoms. The van der Waals surface area contributed by atoms with Crippen LogP contribution in [0.5, 0.6) is 0 Å². The van der Waals surface area contributed by atoms with Gasteiger partial charge in [-0.15, -0.1) is 0 Å². The van der Waals surface area contributed by atoms with Crippen LogP contribution in [0, 0.1) is 0 Å². The molecule has 0 amide bonds. The average Bonchev–Trinajstić information content (AvgIpc) is 2.54. The number of hydrogen-bond donors (Lipinski definition) is 16. The summed E-state index contributed by atoms with van der Waals surface area (Å²) < 4.78 is 94.7. The summed E-state index contributed by atoms with van der Waals surface area (Å²) in [6.45, 7) is -3.19. The van der Waals surface area contributed by atoms with Crippen molar-refractivity contribution in [2.45, 2.75) is 34.9 Å². The minimum absolute atomic E-state index is 0.694. The van der Waals surface area contributed by atoms with Gasteiger partial charge in [0.2, 0.25) is 22.1 Å². The molecule has 0 aliphatic carbocycles. The van der Waals surface area contributed by atoms with Crippen molar-refractivity contribution >= 4 is 60.8 Å². The molecule has 0 heterocycles. The van der Waals surface area contributed by atoms with Crippen molar-refractivity contribution in [2.24, 2.45) is 0 Å². The molecule has 0 rings (SSSR count). The molecular formula is C8H28N2O24P8. The molecule has 0 spiro atoms. The molecule has 0 saturated carbocycles. The zero-order chi connectivity index (χ0) is 34.3. The second kappa shape index (κ2) is 14.1. The molecular weight excluding hydrogens is 756 g/mol. The summed E-state index contributed by atoms with van der Waals surface area (Å²) in [6.07, 6.45) is -2.32. The normalized spacial score (nSPS) is 15.7. The van der Waals surface area contributed by atoms with E-state index in [-0.39, 0.29) is 0 Å². The smallest absolute Gasteiger partial charge is 0.323 e. The zero-order valence-corrected chi connectivity index (χ0v) is 27.2. The molecule has 16 N–H and O–H groups in total. The highest BCUT2D eigenvalue weighted by Crippen LogP contribution is 2.70. The fourth-order valence-electron chi connectivity index (χ4n) is 3.62. The summed E-state index contributed by atoms with van der Waals surface area (Å²) >= 11 is 0. The fourth-order valence-corrected chi connectivity index (χ4v) is 15.8. The Bertz CT molecular complexity index is 1050.